The van der Waals surface area contributed by atoms with Gasteiger partial charge in [0.15, 0.2) is 0 Å². The number of fused-ring (bicyclic) bond motifs is 2. The van der Waals surface area contributed by atoms with E-state index in [2.05, 4.69) is 11.6 Å². The number of morpholine rings is 1. The number of rotatable bonds is 5. The average molecular weight is 703 g/mol. The Morgan fingerprint density at radius 2 is 2.05 bits per heavy atom. The molecule has 0 aliphatic carbocycles. The molecular weight excluding hydrogens is 679 g/mol. The van der Waals surface area contributed by atoms with Crippen LogP contribution in [0.4, 0.5) is 23.4 Å². The van der Waals surface area contributed by atoms with Crippen LogP contribution in [-0.2, 0) is 20.4 Å². The third kappa shape index (κ3) is 4.91. The summed E-state index contributed by atoms with van der Waals surface area (Å²) in [5, 5.41) is 0.190. The first-order chi connectivity index (χ1) is 19.6. The monoisotopic (exact) mass is 703 g/mol. The van der Waals surface area contributed by atoms with Crippen molar-refractivity contribution in [2.45, 2.75) is 27.2 Å². The zero-order chi connectivity index (χ0) is 29.1. The Morgan fingerprint density at radius 1 is 1.29 bits per heavy atom. The van der Waals surface area contributed by atoms with Crippen molar-refractivity contribution in [3.63, 3.8) is 0 Å². The van der Waals surface area contributed by atoms with Crippen LogP contribution < -0.4 is 32.1 Å². The number of hydrogen-bond acceptors (Lipinski definition) is 7. The van der Waals surface area contributed by atoms with Crippen LogP contribution in [0.5, 0.6) is 0 Å². The van der Waals surface area contributed by atoms with Gasteiger partial charge in [-0.2, -0.15) is 0 Å². The van der Waals surface area contributed by atoms with E-state index < -0.39 is 56.8 Å². The fraction of sp³-hybridized carbons (Fsp3) is 0.370. The Bertz CT molecular complexity index is 1590. The number of amides is 1. The molecule has 218 valence electrons. The van der Waals surface area contributed by atoms with Gasteiger partial charge in [-0.25, -0.2) is 0 Å². The van der Waals surface area contributed by atoms with E-state index in [1.165, 1.54) is 41.6 Å². The zero-order valence-electron chi connectivity index (χ0n) is 21.7. The molecule has 2 saturated heterocycles. The van der Waals surface area contributed by atoms with Crippen LogP contribution in [0.2, 0.25) is 0 Å². The molecule has 0 N–H and O–H groups in total. The van der Waals surface area contributed by atoms with Crippen LogP contribution in [0.15, 0.2) is 52.7 Å². The summed E-state index contributed by atoms with van der Waals surface area (Å²) in [5.74, 6) is -0.333. The number of anilines is 1. The SMILES string of the molecule is C=CC(=O)N1CC2COCC([I-]1)N2c1nc(=O)n2c3c(c(-c4ccc(F)cc4)c(C(F)(F)F)cc13)SC[C@@H]2COC. The molecule has 8 nitrogen and oxygen atoms in total. The van der Waals surface area contributed by atoms with Crippen LogP contribution in [0.3, 0.4) is 0 Å². The number of alkyl halides is 4. The van der Waals surface area contributed by atoms with E-state index in [9.17, 15) is 27.2 Å². The number of halogens is 5. The molecule has 0 saturated carbocycles. The third-order valence-electron chi connectivity index (χ3n) is 7.25. The number of benzene rings is 2. The standard InChI is InChI=1S/C27H24F4IN4O4S/c1-3-21(37)34-9-16-11-40-12-20(32-34)35(16)25-18-8-19(27(29,30)31)22(14-4-6-15(28)7-5-14)24-23(18)36(26(38)33-25)17(10-39-2)13-41-24/h3-8,16-17,20H,1,9-13H2,2H3/q-1/t16?,17-,20?/m0/s1. The van der Waals surface area contributed by atoms with Crippen LogP contribution >= 0.6 is 11.8 Å². The Kier molecular flexibility index (Phi) is 7.53. The summed E-state index contributed by atoms with van der Waals surface area (Å²) in [6.45, 7) is 4.51. The quantitative estimate of drug-likeness (QED) is 0.0985. The molecule has 3 aliphatic rings. The van der Waals surface area contributed by atoms with E-state index >= 15 is 0 Å². The number of ether oxygens (including phenoxy) is 2. The van der Waals surface area contributed by atoms with Gasteiger partial charge in [-0.15, -0.1) is 0 Å². The zero-order valence-corrected chi connectivity index (χ0v) is 24.6. The number of nitrogens with zero attached hydrogens (tertiary/aromatic N) is 4. The normalized spacial score (nSPS) is 22.4. The Hall–Kier alpha value is -2.69. The Balaban J connectivity index is 1.65. The first-order valence-corrected chi connectivity index (χ1v) is 15.8. The van der Waals surface area contributed by atoms with Crippen molar-refractivity contribution in [2.24, 2.45) is 0 Å². The molecule has 41 heavy (non-hydrogen) atoms. The first kappa shape index (κ1) is 28.4. The van der Waals surface area contributed by atoms with Gasteiger partial charge in [-0.3, -0.25) is 0 Å². The van der Waals surface area contributed by atoms with Crippen molar-refractivity contribution < 1.29 is 53.3 Å². The van der Waals surface area contributed by atoms with Crippen molar-refractivity contribution in [3.8, 4) is 11.1 Å². The number of thioether (sulfide) groups is 1. The van der Waals surface area contributed by atoms with Gasteiger partial charge in [0.1, 0.15) is 0 Å². The van der Waals surface area contributed by atoms with Crippen LogP contribution in [0, 0.1) is 5.82 Å². The summed E-state index contributed by atoms with van der Waals surface area (Å²) in [7, 11) is 1.50. The van der Waals surface area contributed by atoms with Crippen LogP contribution in [-0.4, -0.2) is 67.9 Å². The molecule has 0 spiro atoms. The van der Waals surface area contributed by atoms with E-state index in [-0.39, 0.29) is 63.5 Å². The second-order valence-corrected chi connectivity index (χ2v) is 13.9. The second kappa shape index (κ2) is 10.9. The predicted octanol–water partition coefficient (Wildman–Crippen LogP) is 1.08. The molecule has 2 aromatic carbocycles. The summed E-state index contributed by atoms with van der Waals surface area (Å²) < 4.78 is 72.0. The van der Waals surface area contributed by atoms with Gasteiger partial charge in [0.25, 0.3) is 0 Å². The number of hydrogen-bond donors (Lipinski definition) is 0. The molecule has 6 rings (SSSR count). The fourth-order valence-electron chi connectivity index (χ4n) is 5.54. The number of carbonyl (C=O) groups is 1. The van der Waals surface area contributed by atoms with Crippen LogP contribution in [0.1, 0.15) is 11.6 Å². The van der Waals surface area contributed by atoms with Gasteiger partial charge in [0.2, 0.25) is 0 Å². The molecule has 2 unspecified atom stereocenters. The average Bonchev–Trinajstić information content (AvgIpc) is 2.94. The van der Waals surface area contributed by atoms with E-state index in [0.717, 1.165) is 18.2 Å². The summed E-state index contributed by atoms with van der Waals surface area (Å²) in [5.41, 5.74) is -1.06. The van der Waals surface area contributed by atoms with E-state index in [4.69, 9.17) is 9.47 Å². The summed E-state index contributed by atoms with van der Waals surface area (Å²) in [6, 6.07) is 5.07. The summed E-state index contributed by atoms with van der Waals surface area (Å²) in [4.78, 5) is 32.7. The molecule has 14 heteroatoms. The molecule has 1 amide bonds. The first-order valence-electron chi connectivity index (χ1n) is 12.6. The van der Waals surface area contributed by atoms with Gasteiger partial charge >= 0.3 is 248 Å². The Labute approximate surface area is 246 Å². The maximum absolute atomic E-state index is 14.8. The van der Waals surface area contributed by atoms with Gasteiger partial charge in [0, 0.05) is 0 Å². The second-order valence-electron chi connectivity index (χ2n) is 9.75. The van der Waals surface area contributed by atoms with Gasteiger partial charge < -0.3 is 0 Å². The maximum atomic E-state index is 14.8. The summed E-state index contributed by atoms with van der Waals surface area (Å²) >= 11 is 0.228. The number of aromatic nitrogens is 2. The van der Waals surface area contributed by atoms with E-state index in [1.807, 2.05) is 4.90 Å². The third-order valence-corrected chi connectivity index (χ3v) is 11.6. The molecule has 2 fully saturated rings. The molecule has 4 heterocycles. The Morgan fingerprint density at radius 3 is 2.71 bits per heavy atom. The predicted molar refractivity (Wildman–Crippen MR) is 141 cm³/mol. The molecule has 3 atom stereocenters. The minimum atomic E-state index is -4.75. The molecule has 0 radical (unpaired) electrons. The van der Waals surface area contributed by atoms with Gasteiger partial charge in [-0.05, 0) is 0 Å². The number of carbonyl (C=O) groups excluding carboxylic acids is 1. The van der Waals surface area contributed by atoms with Crippen molar-refractivity contribution in [1.82, 2.24) is 12.7 Å². The molecule has 3 aliphatic heterocycles. The van der Waals surface area contributed by atoms with Gasteiger partial charge in [-0.1, -0.05) is 0 Å². The topological polar surface area (TPSA) is 76.9 Å². The number of methoxy groups -OCH3 is 1. The summed E-state index contributed by atoms with van der Waals surface area (Å²) in [6.07, 6.45) is -3.50. The van der Waals surface area contributed by atoms with Crippen molar-refractivity contribution in [2.75, 3.05) is 44.1 Å². The molecule has 1 aromatic heterocycles. The van der Waals surface area contributed by atoms with Crippen molar-refractivity contribution in [3.05, 3.63) is 64.9 Å². The molecular formula is C27H24F4IN4O4S-. The van der Waals surface area contributed by atoms with Gasteiger partial charge in [0.05, 0.1) is 0 Å². The molecule has 3 aromatic rings. The van der Waals surface area contributed by atoms with Crippen molar-refractivity contribution in [1.29, 1.82) is 0 Å². The van der Waals surface area contributed by atoms with Crippen molar-refractivity contribution >= 4 is 34.4 Å². The van der Waals surface area contributed by atoms with E-state index in [0.29, 0.717) is 11.3 Å². The fourth-order valence-corrected chi connectivity index (χ4v) is 10.2. The minimum absolute atomic E-state index is 0.103. The van der Waals surface area contributed by atoms with E-state index in [1.54, 1.807) is 3.11 Å². The van der Waals surface area contributed by atoms with Crippen LogP contribution in [0.25, 0.3) is 22.0 Å². The molecule has 2 bridgehead atoms.